The van der Waals surface area contributed by atoms with Crippen molar-refractivity contribution in [1.82, 2.24) is 5.43 Å². The van der Waals surface area contributed by atoms with E-state index in [9.17, 15) is 19.7 Å². The van der Waals surface area contributed by atoms with Gasteiger partial charge in [-0.15, -0.1) is 0 Å². The van der Waals surface area contributed by atoms with Crippen LogP contribution in [0.4, 0.5) is 5.69 Å². The summed E-state index contributed by atoms with van der Waals surface area (Å²) in [5, 5.41) is 14.8. The highest BCUT2D eigenvalue weighted by molar-refractivity contribution is 9.10. The molecule has 0 saturated heterocycles. The molecule has 0 aliphatic heterocycles. The molecule has 1 N–H and O–H groups in total. The highest BCUT2D eigenvalue weighted by Crippen LogP contribution is 2.25. The summed E-state index contributed by atoms with van der Waals surface area (Å²) in [4.78, 5) is 34.5. The number of carbonyl (C=O) groups is 2. The molecule has 0 aromatic heterocycles. The van der Waals surface area contributed by atoms with Gasteiger partial charge in [-0.05, 0) is 42.0 Å². The van der Waals surface area contributed by atoms with Crippen molar-refractivity contribution in [3.8, 4) is 11.5 Å². The average Bonchev–Trinajstić information content (AvgIpc) is 2.78. The molecule has 0 atom stereocenters. The monoisotopic (exact) mass is 497 g/mol. The van der Waals surface area contributed by atoms with Crippen molar-refractivity contribution < 1.29 is 24.0 Å². The van der Waals surface area contributed by atoms with E-state index >= 15 is 0 Å². The van der Waals surface area contributed by atoms with E-state index in [1.54, 1.807) is 54.6 Å². The molecule has 0 spiro atoms. The van der Waals surface area contributed by atoms with Crippen LogP contribution in [0, 0.1) is 10.1 Å². The molecule has 3 rings (SSSR count). The molecule has 162 valence electrons. The number of hydrazone groups is 1. The zero-order chi connectivity index (χ0) is 22.9. The lowest BCUT2D eigenvalue weighted by Gasteiger charge is -2.06. The zero-order valence-electron chi connectivity index (χ0n) is 16.4. The van der Waals surface area contributed by atoms with Gasteiger partial charge in [-0.1, -0.05) is 46.3 Å². The number of benzene rings is 3. The normalized spacial score (nSPS) is 10.5. The molecule has 0 aliphatic carbocycles. The van der Waals surface area contributed by atoms with Gasteiger partial charge in [0.25, 0.3) is 5.91 Å². The lowest BCUT2D eigenvalue weighted by Crippen LogP contribution is -2.24. The van der Waals surface area contributed by atoms with Gasteiger partial charge in [0.15, 0.2) is 12.4 Å². The number of ether oxygens (including phenoxy) is 2. The van der Waals surface area contributed by atoms with Crippen molar-refractivity contribution in [3.63, 3.8) is 0 Å². The van der Waals surface area contributed by atoms with Crippen LogP contribution in [0.5, 0.6) is 11.5 Å². The fourth-order valence-electron chi connectivity index (χ4n) is 2.52. The molecule has 1 amide bonds. The molecule has 10 heteroatoms. The largest absolute Gasteiger partial charge is 0.477 e. The predicted molar refractivity (Wildman–Crippen MR) is 120 cm³/mol. The van der Waals surface area contributed by atoms with E-state index in [1.807, 2.05) is 0 Å². The first-order chi connectivity index (χ1) is 15.4. The summed E-state index contributed by atoms with van der Waals surface area (Å²) in [6.45, 7) is -0.452. The van der Waals surface area contributed by atoms with E-state index < -0.39 is 23.4 Å². The first-order valence-corrected chi connectivity index (χ1v) is 9.97. The number of nitro benzene ring substituents is 1. The number of para-hydroxylation sites is 2. The number of hydrogen-bond donors (Lipinski definition) is 1. The number of esters is 1. The summed E-state index contributed by atoms with van der Waals surface area (Å²) >= 11 is 3.30. The number of halogens is 1. The van der Waals surface area contributed by atoms with E-state index in [-0.39, 0.29) is 11.4 Å². The lowest BCUT2D eigenvalue weighted by molar-refractivity contribution is -0.385. The quantitative estimate of drug-likeness (QED) is 0.164. The number of carbonyl (C=O) groups excluding carboxylic acids is 2. The third kappa shape index (κ3) is 6.47. The van der Waals surface area contributed by atoms with Gasteiger partial charge in [-0.3, -0.25) is 14.9 Å². The summed E-state index contributed by atoms with van der Waals surface area (Å²) in [5.74, 6) is -0.820. The molecule has 0 unspecified atom stereocenters. The minimum absolute atomic E-state index is 0.0170. The van der Waals surface area contributed by atoms with E-state index in [4.69, 9.17) is 9.47 Å². The molecule has 3 aromatic carbocycles. The number of nitrogens with one attached hydrogen (secondary N) is 1. The first kappa shape index (κ1) is 22.6. The minimum atomic E-state index is -0.600. The Morgan fingerprint density at radius 1 is 1.06 bits per heavy atom. The highest BCUT2D eigenvalue weighted by atomic mass is 79.9. The zero-order valence-corrected chi connectivity index (χ0v) is 18.0. The van der Waals surface area contributed by atoms with Crippen molar-refractivity contribution in [2.24, 2.45) is 5.10 Å². The maximum Gasteiger partial charge on any atom is 0.343 e. The van der Waals surface area contributed by atoms with E-state index in [1.165, 1.54) is 24.4 Å². The second-order valence-electron chi connectivity index (χ2n) is 6.28. The topological polar surface area (TPSA) is 120 Å². The molecule has 0 aliphatic rings. The van der Waals surface area contributed by atoms with Gasteiger partial charge in [0.1, 0.15) is 5.75 Å². The molecule has 0 fully saturated rings. The maximum atomic E-state index is 12.2. The Balaban J connectivity index is 1.54. The van der Waals surface area contributed by atoms with Gasteiger partial charge >= 0.3 is 11.7 Å². The predicted octanol–water partition coefficient (Wildman–Crippen LogP) is 4.11. The lowest BCUT2D eigenvalue weighted by atomic mass is 10.2. The Kier molecular flexibility index (Phi) is 7.65. The summed E-state index contributed by atoms with van der Waals surface area (Å²) in [5.41, 5.74) is 2.99. The van der Waals surface area contributed by atoms with Gasteiger partial charge in [-0.25, -0.2) is 10.2 Å². The third-order valence-electron chi connectivity index (χ3n) is 3.95. The van der Waals surface area contributed by atoms with Crippen molar-refractivity contribution in [3.05, 3.63) is 98.5 Å². The number of amides is 1. The molecule has 0 heterocycles. The summed E-state index contributed by atoms with van der Waals surface area (Å²) in [6, 6.07) is 19.1. The Labute approximate surface area is 190 Å². The van der Waals surface area contributed by atoms with Crippen LogP contribution in [-0.4, -0.2) is 29.6 Å². The van der Waals surface area contributed by atoms with Gasteiger partial charge < -0.3 is 9.47 Å². The van der Waals surface area contributed by atoms with Gasteiger partial charge in [-0.2, -0.15) is 5.10 Å². The van der Waals surface area contributed by atoms with E-state index in [0.29, 0.717) is 16.9 Å². The SMILES string of the molecule is O=C(COc1ccccc1[N+](=O)[O-])N/N=C/c1cccc(OC(=O)c2cccc(Br)c2)c1. The smallest absolute Gasteiger partial charge is 0.343 e. The number of nitrogens with zero attached hydrogens (tertiary/aromatic N) is 2. The first-order valence-electron chi connectivity index (χ1n) is 9.18. The van der Waals surface area contributed by atoms with Crippen molar-refractivity contribution >= 4 is 39.7 Å². The highest BCUT2D eigenvalue weighted by Gasteiger charge is 2.14. The second-order valence-corrected chi connectivity index (χ2v) is 7.19. The molecule has 9 nitrogen and oxygen atoms in total. The van der Waals surface area contributed by atoms with E-state index in [2.05, 4.69) is 26.5 Å². The van der Waals surface area contributed by atoms with Crippen LogP contribution >= 0.6 is 15.9 Å². The number of rotatable bonds is 8. The molecule has 3 aromatic rings. The number of hydrogen-bond acceptors (Lipinski definition) is 7. The van der Waals surface area contributed by atoms with Crippen LogP contribution in [0.25, 0.3) is 0 Å². The van der Waals surface area contributed by atoms with Gasteiger partial charge in [0.05, 0.1) is 16.7 Å². The Bertz CT molecular complexity index is 1180. The van der Waals surface area contributed by atoms with E-state index in [0.717, 1.165) is 4.47 Å². The molecular formula is C22H16BrN3O6. The number of nitro groups is 1. The van der Waals surface area contributed by atoms with Crippen LogP contribution in [0.3, 0.4) is 0 Å². The van der Waals surface area contributed by atoms with Crippen LogP contribution < -0.4 is 14.9 Å². The maximum absolute atomic E-state index is 12.2. The van der Waals surface area contributed by atoms with Crippen LogP contribution in [-0.2, 0) is 4.79 Å². The fraction of sp³-hybridized carbons (Fsp3) is 0.0455. The Hall–Kier alpha value is -4.05. The standard InChI is InChI=1S/C22H16BrN3O6/c23-17-7-4-6-16(12-17)22(28)32-18-8-3-5-15(11-18)13-24-25-21(27)14-31-20-10-2-1-9-19(20)26(29)30/h1-13H,14H2,(H,25,27)/b24-13+. The molecule has 0 bridgehead atoms. The molecule has 32 heavy (non-hydrogen) atoms. The van der Waals surface area contributed by atoms with Gasteiger partial charge in [0, 0.05) is 10.5 Å². The fourth-order valence-corrected chi connectivity index (χ4v) is 2.92. The Morgan fingerprint density at radius 2 is 1.84 bits per heavy atom. The molecule has 0 radical (unpaired) electrons. The van der Waals surface area contributed by atoms with Crippen molar-refractivity contribution in [1.29, 1.82) is 0 Å². The van der Waals surface area contributed by atoms with Crippen LogP contribution in [0.15, 0.2) is 82.4 Å². The summed E-state index contributed by atoms with van der Waals surface area (Å²) in [7, 11) is 0. The van der Waals surface area contributed by atoms with Crippen molar-refractivity contribution in [2.45, 2.75) is 0 Å². The van der Waals surface area contributed by atoms with Crippen LogP contribution in [0.1, 0.15) is 15.9 Å². The minimum Gasteiger partial charge on any atom is -0.477 e. The summed E-state index contributed by atoms with van der Waals surface area (Å²) in [6.07, 6.45) is 1.36. The van der Waals surface area contributed by atoms with Crippen LogP contribution in [0.2, 0.25) is 0 Å². The molecular weight excluding hydrogens is 482 g/mol. The second kappa shape index (κ2) is 10.8. The summed E-state index contributed by atoms with van der Waals surface area (Å²) < 4.78 is 11.3. The Morgan fingerprint density at radius 3 is 2.62 bits per heavy atom. The molecule has 0 saturated carbocycles. The van der Waals surface area contributed by atoms with Gasteiger partial charge in [0.2, 0.25) is 0 Å². The van der Waals surface area contributed by atoms with Crippen molar-refractivity contribution in [2.75, 3.05) is 6.61 Å². The third-order valence-corrected chi connectivity index (χ3v) is 4.45. The average molecular weight is 498 g/mol.